The number of esters is 1. The van der Waals surface area contributed by atoms with Gasteiger partial charge < -0.3 is 25.2 Å². The van der Waals surface area contributed by atoms with Gasteiger partial charge in [-0.25, -0.2) is 4.79 Å². The highest BCUT2D eigenvalue weighted by molar-refractivity contribution is 5.91. The van der Waals surface area contributed by atoms with Gasteiger partial charge in [-0.3, -0.25) is 0 Å². The molecule has 0 saturated heterocycles. The van der Waals surface area contributed by atoms with Crippen molar-refractivity contribution in [1.29, 1.82) is 0 Å². The smallest absolute Gasteiger partial charge is 0.378 e. The molecule has 5 rings (SSSR count). The van der Waals surface area contributed by atoms with Gasteiger partial charge in [0.15, 0.2) is 17.5 Å². The SMILES string of the molecule is O=C1O[C@H]([C@@](O)(c2cccc3ccccc23)C(O)c2cccc3ccccc23)C(O)=C1O. The maximum absolute atomic E-state index is 12.1. The molecular formula is C26H20O6. The van der Waals surface area contributed by atoms with Gasteiger partial charge in [0.05, 0.1) is 0 Å². The molecule has 0 radical (unpaired) electrons. The van der Waals surface area contributed by atoms with E-state index in [1.165, 1.54) is 0 Å². The maximum atomic E-state index is 12.1. The predicted octanol–water partition coefficient (Wildman–Crippen LogP) is 4.17. The number of ether oxygens (including phenoxy) is 1. The fourth-order valence-electron chi connectivity index (χ4n) is 4.48. The van der Waals surface area contributed by atoms with E-state index in [4.69, 9.17) is 4.74 Å². The van der Waals surface area contributed by atoms with E-state index in [9.17, 15) is 25.2 Å². The lowest BCUT2D eigenvalue weighted by Gasteiger charge is -2.38. The van der Waals surface area contributed by atoms with Crippen molar-refractivity contribution in [2.45, 2.75) is 17.8 Å². The normalized spacial score (nSPS) is 19.2. The van der Waals surface area contributed by atoms with Crippen LogP contribution in [0.3, 0.4) is 0 Å². The highest BCUT2D eigenvalue weighted by atomic mass is 16.6. The average molecular weight is 428 g/mol. The average Bonchev–Trinajstić information content (AvgIpc) is 3.10. The van der Waals surface area contributed by atoms with Gasteiger partial charge in [0, 0.05) is 0 Å². The lowest BCUT2D eigenvalue weighted by atomic mass is 9.76. The third-order valence-corrected chi connectivity index (χ3v) is 6.06. The van der Waals surface area contributed by atoms with E-state index in [0.717, 1.165) is 10.8 Å². The number of carbonyl (C=O) groups excluding carboxylic acids is 1. The molecule has 32 heavy (non-hydrogen) atoms. The van der Waals surface area contributed by atoms with Crippen molar-refractivity contribution in [2.75, 3.05) is 0 Å². The van der Waals surface area contributed by atoms with Crippen LogP contribution in [0, 0.1) is 0 Å². The lowest BCUT2D eigenvalue weighted by Crippen LogP contribution is -2.46. The van der Waals surface area contributed by atoms with Crippen molar-refractivity contribution >= 4 is 27.5 Å². The Labute approximate surface area is 183 Å². The molecule has 1 heterocycles. The van der Waals surface area contributed by atoms with E-state index >= 15 is 0 Å². The van der Waals surface area contributed by atoms with Crippen molar-refractivity contribution in [1.82, 2.24) is 0 Å². The second kappa shape index (κ2) is 7.37. The van der Waals surface area contributed by atoms with Gasteiger partial charge in [-0.1, -0.05) is 84.9 Å². The summed E-state index contributed by atoms with van der Waals surface area (Å²) in [5.41, 5.74) is -1.68. The summed E-state index contributed by atoms with van der Waals surface area (Å²) in [4.78, 5) is 12.0. The van der Waals surface area contributed by atoms with Crippen molar-refractivity contribution in [2.24, 2.45) is 0 Å². The van der Waals surface area contributed by atoms with Crippen molar-refractivity contribution < 1.29 is 30.0 Å². The Bertz CT molecular complexity index is 1380. The third-order valence-electron chi connectivity index (χ3n) is 6.06. The molecule has 0 fully saturated rings. The Kier molecular flexibility index (Phi) is 4.62. The first kappa shape index (κ1) is 20.1. The van der Waals surface area contributed by atoms with E-state index in [-0.39, 0.29) is 5.56 Å². The number of aliphatic hydroxyl groups excluding tert-OH is 3. The number of hydrogen-bond acceptors (Lipinski definition) is 6. The first-order chi connectivity index (χ1) is 15.4. The molecule has 6 heteroatoms. The van der Waals surface area contributed by atoms with Crippen LogP contribution in [0.4, 0.5) is 0 Å². The zero-order chi connectivity index (χ0) is 22.5. The second-order valence-corrected chi connectivity index (χ2v) is 7.84. The minimum Gasteiger partial charge on any atom is -0.505 e. The first-order valence-corrected chi connectivity index (χ1v) is 10.1. The molecule has 0 aliphatic carbocycles. The molecule has 0 saturated carbocycles. The molecule has 0 amide bonds. The Morgan fingerprint density at radius 3 is 2.00 bits per heavy atom. The number of fused-ring (bicyclic) bond motifs is 2. The van der Waals surface area contributed by atoms with Crippen LogP contribution in [0.25, 0.3) is 21.5 Å². The van der Waals surface area contributed by atoms with Gasteiger partial charge in [-0.15, -0.1) is 0 Å². The summed E-state index contributed by atoms with van der Waals surface area (Å²) in [6.45, 7) is 0. The standard InChI is InChI=1S/C26H20O6/c27-21-22(28)25(30)32-24(21)26(31,20-14-6-10-16-8-2-4-12-18(16)20)23(29)19-13-5-9-15-7-1-3-11-17(15)19/h1-14,23-24,27-29,31H/t23?,24-,26+/m0/s1. The molecule has 0 bridgehead atoms. The van der Waals surface area contributed by atoms with Crippen LogP contribution in [0.15, 0.2) is 96.4 Å². The molecule has 0 spiro atoms. The molecule has 4 N–H and O–H groups in total. The summed E-state index contributed by atoms with van der Waals surface area (Å²) in [6.07, 6.45) is -3.33. The molecule has 4 aromatic rings. The molecule has 1 unspecified atom stereocenters. The highest BCUT2D eigenvalue weighted by Crippen LogP contribution is 2.47. The van der Waals surface area contributed by atoms with Crippen molar-refractivity contribution in [3.63, 3.8) is 0 Å². The maximum Gasteiger partial charge on any atom is 0.378 e. The molecule has 1 aliphatic rings. The number of benzene rings is 4. The summed E-state index contributed by atoms with van der Waals surface area (Å²) < 4.78 is 5.19. The Balaban J connectivity index is 1.80. The van der Waals surface area contributed by atoms with Crippen LogP contribution >= 0.6 is 0 Å². The second-order valence-electron chi connectivity index (χ2n) is 7.84. The number of rotatable bonds is 4. The van der Waals surface area contributed by atoms with Gasteiger partial charge >= 0.3 is 5.97 Å². The van der Waals surface area contributed by atoms with Gasteiger partial charge in [-0.2, -0.15) is 0 Å². The summed E-state index contributed by atoms with van der Waals surface area (Å²) in [7, 11) is 0. The minimum atomic E-state index is -2.31. The zero-order valence-corrected chi connectivity index (χ0v) is 16.8. The van der Waals surface area contributed by atoms with Crippen molar-refractivity contribution in [3.05, 3.63) is 108 Å². The van der Waals surface area contributed by atoms with Crippen molar-refractivity contribution in [3.8, 4) is 0 Å². The van der Waals surface area contributed by atoms with E-state index in [0.29, 0.717) is 16.3 Å². The first-order valence-electron chi connectivity index (χ1n) is 10.1. The van der Waals surface area contributed by atoms with Crippen LogP contribution in [-0.4, -0.2) is 32.5 Å². The monoisotopic (exact) mass is 428 g/mol. The van der Waals surface area contributed by atoms with Crippen LogP contribution in [0.1, 0.15) is 17.2 Å². The molecule has 1 aliphatic heterocycles. The van der Waals surface area contributed by atoms with Gasteiger partial charge in [0.25, 0.3) is 0 Å². The Hall–Kier alpha value is -3.87. The molecule has 160 valence electrons. The Morgan fingerprint density at radius 1 is 0.781 bits per heavy atom. The summed E-state index contributed by atoms with van der Waals surface area (Å²) >= 11 is 0. The van der Waals surface area contributed by atoms with E-state index < -0.39 is 35.3 Å². The van der Waals surface area contributed by atoms with E-state index in [2.05, 4.69) is 0 Å². The topological polar surface area (TPSA) is 107 Å². The Morgan fingerprint density at radius 2 is 1.34 bits per heavy atom. The number of aliphatic hydroxyl groups is 4. The summed E-state index contributed by atoms with van der Waals surface area (Å²) in [6, 6.07) is 25.0. The van der Waals surface area contributed by atoms with Gasteiger partial charge in [0.1, 0.15) is 6.10 Å². The fourth-order valence-corrected chi connectivity index (χ4v) is 4.48. The lowest BCUT2D eigenvalue weighted by molar-refractivity contribution is -0.176. The molecular weight excluding hydrogens is 408 g/mol. The molecule has 4 aromatic carbocycles. The number of carbonyl (C=O) groups is 1. The molecule has 3 atom stereocenters. The third kappa shape index (κ3) is 2.85. The van der Waals surface area contributed by atoms with E-state index in [1.807, 2.05) is 48.5 Å². The van der Waals surface area contributed by atoms with Crippen LogP contribution < -0.4 is 0 Å². The predicted molar refractivity (Wildman–Crippen MR) is 119 cm³/mol. The molecule has 0 aromatic heterocycles. The quantitative estimate of drug-likeness (QED) is 0.364. The van der Waals surface area contributed by atoms with Gasteiger partial charge in [-0.05, 0) is 32.7 Å². The molecule has 6 nitrogen and oxygen atoms in total. The van der Waals surface area contributed by atoms with Crippen LogP contribution in [0.2, 0.25) is 0 Å². The number of hydrogen-bond donors (Lipinski definition) is 4. The van der Waals surface area contributed by atoms with E-state index in [1.54, 1.807) is 36.4 Å². The zero-order valence-electron chi connectivity index (χ0n) is 16.8. The fraction of sp³-hybridized carbons (Fsp3) is 0.115. The van der Waals surface area contributed by atoms with Crippen LogP contribution in [0.5, 0.6) is 0 Å². The minimum absolute atomic E-state index is 0.245. The highest BCUT2D eigenvalue weighted by Gasteiger charge is 2.55. The number of cyclic esters (lactones) is 1. The summed E-state index contributed by atoms with van der Waals surface area (Å²) in [5.74, 6) is -2.99. The van der Waals surface area contributed by atoms with Crippen LogP contribution in [-0.2, 0) is 15.1 Å². The van der Waals surface area contributed by atoms with Gasteiger partial charge in [0.2, 0.25) is 5.76 Å². The largest absolute Gasteiger partial charge is 0.505 e. The summed E-state index contributed by atoms with van der Waals surface area (Å²) in [5, 5.41) is 47.2.